The molecule has 0 aliphatic heterocycles. The van der Waals surface area contributed by atoms with Gasteiger partial charge < -0.3 is 11.1 Å². The molecule has 1 aliphatic carbocycles. The van der Waals surface area contributed by atoms with Crippen molar-refractivity contribution in [3.63, 3.8) is 0 Å². The van der Waals surface area contributed by atoms with E-state index in [1.807, 2.05) is 6.07 Å². The number of hydrogen-bond acceptors (Lipinski definition) is 3. The van der Waals surface area contributed by atoms with Crippen molar-refractivity contribution in [3.05, 3.63) is 23.8 Å². The van der Waals surface area contributed by atoms with Gasteiger partial charge in [0, 0.05) is 6.54 Å². The normalized spacial score (nSPS) is 20.2. The lowest BCUT2D eigenvalue weighted by Crippen LogP contribution is -2.09. The number of nitrogens with one attached hydrogen (secondary N) is 1. The van der Waals surface area contributed by atoms with E-state index in [9.17, 15) is 0 Å². The van der Waals surface area contributed by atoms with Crippen LogP contribution >= 0.6 is 0 Å². The zero-order valence-electron chi connectivity index (χ0n) is 11.5. The smallest absolute Gasteiger partial charge is 0.0992 e. The first-order chi connectivity index (χ1) is 8.30. The highest BCUT2D eigenvalue weighted by Crippen LogP contribution is 2.68. The van der Waals surface area contributed by atoms with E-state index in [0.717, 1.165) is 12.2 Å². The number of anilines is 2. The number of nitrogen functional groups attached to an aromatic ring is 1. The van der Waals surface area contributed by atoms with Crippen molar-refractivity contribution >= 4 is 11.4 Å². The molecule has 3 nitrogen and oxygen atoms in total. The fraction of sp³-hybridized carbons (Fsp3) is 0.533. The molecular formula is C15H21N3. The van der Waals surface area contributed by atoms with E-state index >= 15 is 0 Å². The zero-order chi connectivity index (χ0) is 13.6. The number of nitriles is 1. The highest BCUT2D eigenvalue weighted by atomic mass is 14.9. The molecule has 18 heavy (non-hydrogen) atoms. The Morgan fingerprint density at radius 3 is 2.33 bits per heavy atom. The monoisotopic (exact) mass is 243 g/mol. The van der Waals surface area contributed by atoms with E-state index in [2.05, 4.69) is 39.1 Å². The molecule has 3 N–H and O–H groups in total. The molecule has 0 heterocycles. The zero-order valence-corrected chi connectivity index (χ0v) is 11.5. The van der Waals surface area contributed by atoms with Crippen molar-refractivity contribution in [2.24, 2.45) is 16.7 Å². The largest absolute Gasteiger partial charge is 0.397 e. The fourth-order valence-electron chi connectivity index (χ4n) is 2.85. The van der Waals surface area contributed by atoms with Crippen LogP contribution in [0.25, 0.3) is 0 Å². The second kappa shape index (κ2) is 3.91. The molecule has 1 saturated carbocycles. The van der Waals surface area contributed by atoms with Crippen LogP contribution in [0.1, 0.15) is 33.3 Å². The summed E-state index contributed by atoms with van der Waals surface area (Å²) >= 11 is 0. The standard InChI is InChI=1S/C15H21N3/c1-14(2)13(15(14,3)4)9-18-12-6-5-10(8-16)7-11(12)17/h5-7,13,18H,9,17H2,1-4H3. The molecule has 0 bridgehead atoms. The summed E-state index contributed by atoms with van der Waals surface area (Å²) in [6, 6.07) is 7.48. The van der Waals surface area contributed by atoms with Crippen LogP contribution in [-0.4, -0.2) is 6.54 Å². The van der Waals surface area contributed by atoms with Gasteiger partial charge in [0.1, 0.15) is 0 Å². The predicted molar refractivity (Wildman–Crippen MR) is 75.1 cm³/mol. The van der Waals surface area contributed by atoms with Crippen LogP contribution in [0.2, 0.25) is 0 Å². The summed E-state index contributed by atoms with van der Waals surface area (Å²) in [5.41, 5.74) is 8.85. The molecule has 0 amide bonds. The number of benzene rings is 1. The minimum absolute atomic E-state index is 0.376. The molecule has 1 fully saturated rings. The Labute approximate surface area is 109 Å². The van der Waals surface area contributed by atoms with Gasteiger partial charge in [-0.15, -0.1) is 0 Å². The minimum Gasteiger partial charge on any atom is -0.397 e. The summed E-state index contributed by atoms with van der Waals surface area (Å²) in [6.45, 7) is 10.2. The Hall–Kier alpha value is -1.69. The van der Waals surface area contributed by atoms with E-state index in [-0.39, 0.29) is 0 Å². The third-order valence-electron chi connectivity index (χ3n) is 5.00. The second-order valence-corrected chi connectivity index (χ2v) is 6.29. The van der Waals surface area contributed by atoms with E-state index in [0.29, 0.717) is 28.0 Å². The quantitative estimate of drug-likeness (QED) is 0.801. The van der Waals surface area contributed by atoms with Crippen LogP contribution in [0.15, 0.2) is 18.2 Å². The van der Waals surface area contributed by atoms with Crippen LogP contribution in [0, 0.1) is 28.1 Å². The van der Waals surface area contributed by atoms with Gasteiger partial charge in [-0.05, 0) is 34.9 Å². The second-order valence-electron chi connectivity index (χ2n) is 6.29. The Balaban J connectivity index is 2.03. The van der Waals surface area contributed by atoms with Gasteiger partial charge in [0.15, 0.2) is 0 Å². The van der Waals surface area contributed by atoms with E-state index in [1.54, 1.807) is 12.1 Å². The van der Waals surface area contributed by atoms with Gasteiger partial charge >= 0.3 is 0 Å². The average molecular weight is 243 g/mol. The fourth-order valence-corrected chi connectivity index (χ4v) is 2.85. The molecule has 3 heteroatoms. The summed E-state index contributed by atoms with van der Waals surface area (Å²) in [5, 5.41) is 12.2. The number of nitrogens with zero attached hydrogens (tertiary/aromatic N) is 1. The van der Waals surface area contributed by atoms with Gasteiger partial charge in [-0.3, -0.25) is 0 Å². The van der Waals surface area contributed by atoms with Crippen LogP contribution in [0.3, 0.4) is 0 Å². The molecule has 1 aliphatic rings. The summed E-state index contributed by atoms with van der Waals surface area (Å²) in [6.07, 6.45) is 0. The maximum absolute atomic E-state index is 8.79. The van der Waals surface area contributed by atoms with Crippen molar-refractivity contribution in [2.75, 3.05) is 17.6 Å². The Kier molecular flexibility index (Phi) is 2.77. The van der Waals surface area contributed by atoms with Crippen molar-refractivity contribution in [2.45, 2.75) is 27.7 Å². The molecule has 1 aromatic carbocycles. The maximum Gasteiger partial charge on any atom is 0.0992 e. The number of hydrogen-bond donors (Lipinski definition) is 2. The molecule has 2 rings (SSSR count). The van der Waals surface area contributed by atoms with Gasteiger partial charge in [-0.2, -0.15) is 5.26 Å². The van der Waals surface area contributed by atoms with Gasteiger partial charge in [-0.1, -0.05) is 27.7 Å². The van der Waals surface area contributed by atoms with Crippen LogP contribution in [0.5, 0.6) is 0 Å². The van der Waals surface area contributed by atoms with Gasteiger partial charge in [0.05, 0.1) is 23.0 Å². The van der Waals surface area contributed by atoms with Gasteiger partial charge in [0.2, 0.25) is 0 Å². The maximum atomic E-state index is 8.79. The highest BCUT2D eigenvalue weighted by molar-refractivity contribution is 5.68. The molecule has 0 atom stereocenters. The number of rotatable bonds is 3. The Bertz CT molecular complexity index is 495. The topological polar surface area (TPSA) is 61.8 Å². The summed E-state index contributed by atoms with van der Waals surface area (Å²) < 4.78 is 0. The molecule has 0 spiro atoms. The first kappa shape index (κ1) is 12.8. The molecule has 0 radical (unpaired) electrons. The first-order valence-electron chi connectivity index (χ1n) is 6.34. The Morgan fingerprint density at radius 1 is 1.28 bits per heavy atom. The summed E-state index contributed by atoms with van der Waals surface area (Å²) in [5.74, 6) is 0.653. The van der Waals surface area contributed by atoms with Crippen molar-refractivity contribution in [3.8, 4) is 6.07 Å². The summed E-state index contributed by atoms with van der Waals surface area (Å²) in [4.78, 5) is 0. The first-order valence-corrected chi connectivity index (χ1v) is 6.34. The molecule has 1 aromatic rings. The minimum atomic E-state index is 0.376. The third-order valence-corrected chi connectivity index (χ3v) is 5.00. The summed E-state index contributed by atoms with van der Waals surface area (Å²) in [7, 11) is 0. The van der Waals surface area contributed by atoms with E-state index in [1.165, 1.54) is 0 Å². The van der Waals surface area contributed by atoms with Gasteiger partial charge in [-0.25, -0.2) is 0 Å². The van der Waals surface area contributed by atoms with E-state index < -0.39 is 0 Å². The third kappa shape index (κ3) is 1.82. The number of nitrogens with two attached hydrogens (primary N) is 1. The van der Waals surface area contributed by atoms with Crippen LogP contribution < -0.4 is 11.1 Å². The van der Waals surface area contributed by atoms with Crippen LogP contribution in [-0.2, 0) is 0 Å². The van der Waals surface area contributed by atoms with Crippen molar-refractivity contribution in [1.82, 2.24) is 0 Å². The van der Waals surface area contributed by atoms with Gasteiger partial charge in [0.25, 0.3) is 0 Å². The lowest BCUT2D eigenvalue weighted by atomic mass is 10.0. The molecular weight excluding hydrogens is 222 g/mol. The van der Waals surface area contributed by atoms with E-state index in [4.69, 9.17) is 11.0 Å². The molecule has 0 unspecified atom stereocenters. The molecule has 0 aromatic heterocycles. The lowest BCUT2D eigenvalue weighted by Gasteiger charge is -2.10. The predicted octanol–water partition coefficient (Wildman–Crippen LogP) is 3.23. The van der Waals surface area contributed by atoms with Crippen molar-refractivity contribution in [1.29, 1.82) is 5.26 Å². The Morgan fingerprint density at radius 2 is 1.89 bits per heavy atom. The lowest BCUT2D eigenvalue weighted by molar-refractivity contribution is 0.457. The SMILES string of the molecule is CC1(C)C(CNc2ccc(C#N)cc2N)C1(C)C. The highest BCUT2D eigenvalue weighted by Gasteiger charge is 2.63. The molecule has 96 valence electrons. The van der Waals surface area contributed by atoms with Crippen molar-refractivity contribution < 1.29 is 0 Å². The molecule has 0 saturated heterocycles. The van der Waals surface area contributed by atoms with Crippen LogP contribution in [0.4, 0.5) is 11.4 Å². The average Bonchev–Trinajstić information content (AvgIpc) is 2.68.